The first-order chi connectivity index (χ1) is 6.31. The molecule has 4 heteroatoms. The van der Waals surface area contributed by atoms with Gasteiger partial charge in [-0.05, 0) is 6.92 Å². The molecule has 14 heavy (non-hydrogen) atoms. The van der Waals surface area contributed by atoms with Gasteiger partial charge in [0.1, 0.15) is 11.7 Å². The Hall–Kier alpha value is -1.00. The fourth-order valence-corrected chi connectivity index (χ4v) is 0.884. The second-order valence-electron chi connectivity index (χ2n) is 3.27. The first-order valence-corrected chi connectivity index (χ1v) is 4.00. The molecule has 1 atom stereocenters. The molecule has 1 unspecified atom stereocenters. The molecule has 0 spiro atoms. The highest BCUT2D eigenvalue weighted by Gasteiger charge is 2.25. The monoisotopic (exact) mass is 203 g/mol. The summed E-state index contributed by atoms with van der Waals surface area (Å²) in [6, 6.07) is 0. The lowest BCUT2D eigenvalue weighted by Gasteiger charge is -2.25. The fourth-order valence-electron chi connectivity index (χ4n) is 0.884. The lowest BCUT2D eigenvalue weighted by atomic mass is 9.94. The van der Waals surface area contributed by atoms with E-state index in [1.54, 1.807) is 6.92 Å². The van der Waals surface area contributed by atoms with Crippen molar-refractivity contribution >= 4 is 0 Å². The third-order valence-corrected chi connectivity index (χ3v) is 1.71. The first kappa shape index (κ1) is 13.0. The van der Waals surface area contributed by atoms with Gasteiger partial charge in [-0.1, -0.05) is 13.2 Å². The van der Waals surface area contributed by atoms with Crippen LogP contribution in [0.25, 0.3) is 0 Å². The molecular weight excluding hydrogens is 188 g/mol. The minimum Gasteiger partial charge on any atom is -0.382 e. The molecule has 0 aromatic rings. The zero-order valence-electron chi connectivity index (χ0n) is 8.44. The molecule has 0 aromatic carbocycles. The van der Waals surface area contributed by atoms with Crippen molar-refractivity contribution in [1.82, 2.24) is 0 Å². The van der Waals surface area contributed by atoms with Gasteiger partial charge in [-0.2, -0.15) is 0 Å². The minimum absolute atomic E-state index is 0.0156. The average molecular weight is 203 g/mol. The maximum absolute atomic E-state index is 13.2. The van der Waals surface area contributed by atoms with Crippen LogP contribution in [0.1, 0.15) is 6.92 Å². The fraction of sp³-hybridized carbons (Fsp3) is 0.400. The molecule has 2 N–H and O–H groups in total. The van der Waals surface area contributed by atoms with Crippen LogP contribution in [-0.2, 0) is 4.74 Å². The Kier molecular flexibility index (Phi) is 4.67. The minimum atomic E-state index is -1.05. The van der Waals surface area contributed by atoms with Crippen LogP contribution in [0.2, 0.25) is 0 Å². The molecule has 0 saturated carbocycles. The van der Waals surface area contributed by atoms with E-state index < -0.39 is 17.2 Å². The van der Waals surface area contributed by atoms with E-state index in [4.69, 9.17) is 10.5 Å². The van der Waals surface area contributed by atoms with E-state index >= 15 is 0 Å². The normalized spacial score (nSPS) is 16.2. The molecule has 0 rings (SSSR count). The van der Waals surface area contributed by atoms with E-state index in [0.29, 0.717) is 6.08 Å². The lowest BCUT2D eigenvalue weighted by Crippen LogP contribution is -2.42. The summed E-state index contributed by atoms with van der Waals surface area (Å²) in [5.41, 5.74) is 4.62. The van der Waals surface area contributed by atoms with Gasteiger partial charge in [0, 0.05) is 18.8 Å². The quantitative estimate of drug-likeness (QED) is 0.695. The number of halogens is 2. The highest BCUT2D eigenvalue weighted by molar-refractivity contribution is 5.35. The predicted octanol–water partition coefficient (Wildman–Crippen LogP) is 2.24. The molecule has 0 saturated heterocycles. The Morgan fingerprint density at radius 2 is 2.00 bits per heavy atom. The summed E-state index contributed by atoms with van der Waals surface area (Å²) in [7, 11) is 1.44. The summed E-state index contributed by atoms with van der Waals surface area (Å²) in [5.74, 6) is -1.70. The number of rotatable bonds is 5. The Morgan fingerprint density at radius 1 is 1.50 bits per heavy atom. The standard InChI is InChI=1S/C10H15F2NO/c1-7(11)5-9(12)8(2)10(3,13)6-14-4/h5H,1-2,6,13H2,3-4H3/b9-5+. The van der Waals surface area contributed by atoms with Gasteiger partial charge in [0.15, 0.2) is 0 Å². The predicted molar refractivity (Wildman–Crippen MR) is 53.0 cm³/mol. The third-order valence-electron chi connectivity index (χ3n) is 1.71. The number of hydrogen-bond donors (Lipinski definition) is 1. The summed E-state index contributed by atoms with van der Waals surface area (Å²) in [5, 5.41) is 0. The van der Waals surface area contributed by atoms with Crippen molar-refractivity contribution in [3.63, 3.8) is 0 Å². The van der Waals surface area contributed by atoms with Gasteiger partial charge in [0.05, 0.1) is 12.1 Å². The maximum Gasteiger partial charge on any atom is 0.130 e. The molecule has 0 aliphatic heterocycles. The molecule has 80 valence electrons. The smallest absolute Gasteiger partial charge is 0.130 e. The number of nitrogens with two attached hydrogens (primary N) is 1. The average Bonchev–Trinajstić information content (AvgIpc) is 2.01. The van der Waals surface area contributed by atoms with Crippen molar-refractivity contribution in [1.29, 1.82) is 0 Å². The second-order valence-corrected chi connectivity index (χ2v) is 3.27. The molecule has 0 heterocycles. The van der Waals surface area contributed by atoms with Gasteiger partial charge >= 0.3 is 0 Å². The highest BCUT2D eigenvalue weighted by atomic mass is 19.1. The molecule has 0 amide bonds. The second kappa shape index (κ2) is 5.02. The van der Waals surface area contributed by atoms with E-state index in [9.17, 15) is 8.78 Å². The van der Waals surface area contributed by atoms with Crippen molar-refractivity contribution in [2.24, 2.45) is 5.73 Å². The molecule has 2 nitrogen and oxygen atoms in total. The number of ether oxygens (including phenoxy) is 1. The summed E-state index contributed by atoms with van der Waals surface area (Å²) in [6.45, 7) is 8.00. The van der Waals surface area contributed by atoms with Crippen LogP contribution in [0.5, 0.6) is 0 Å². The van der Waals surface area contributed by atoms with Gasteiger partial charge in [-0.15, -0.1) is 0 Å². The summed E-state index contributed by atoms with van der Waals surface area (Å²) < 4.78 is 30.2. The zero-order chi connectivity index (χ0) is 11.4. The van der Waals surface area contributed by atoms with E-state index in [0.717, 1.165) is 0 Å². The lowest BCUT2D eigenvalue weighted by molar-refractivity contribution is 0.156. The van der Waals surface area contributed by atoms with Crippen molar-refractivity contribution in [2.45, 2.75) is 12.5 Å². The Balaban J connectivity index is 4.69. The molecule has 0 radical (unpaired) electrons. The van der Waals surface area contributed by atoms with Crippen LogP contribution in [0.3, 0.4) is 0 Å². The molecule has 0 aliphatic rings. The van der Waals surface area contributed by atoms with Gasteiger partial charge in [-0.3, -0.25) is 0 Å². The van der Waals surface area contributed by atoms with E-state index in [2.05, 4.69) is 13.2 Å². The summed E-state index contributed by atoms with van der Waals surface area (Å²) >= 11 is 0. The van der Waals surface area contributed by atoms with Crippen LogP contribution in [-0.4, -0.2) is 19.3 Å². The zero-order valence-corrected chi connectivity index (χ0v) is 8.44. The molecule has 0 aliphatic carbocycles. The number of methoxy groups -OCH3 is 1. The molecule has 0 bridgehead atoms. The van der Waals surface area contributed by atoms with E-state index in [1.165, 1.54) is 7.11 Å². The highest BCUT2D eigenvalue weighted by Crippen LogP contribution is 2.22. The van der Waals surface area contributed by atoms with Crippen LogP contribution < -0.4 is 5.73 Å². The van der Waals surface area contributed by atoms with E-state index in [1.807, 2.05) is 0 Å². The SMILES string of the molecule is C=C(F)/C=C(/F)C(=C)C(C)(N)COC. The Labute approximate surface area is 82.7 Å². The molecule has 0 aromatic heterocycles. The number of allylic oxidation sites excluding steroid dienone is 2. The van der Waals surface area contributed by atoms with Crippen molar-refractivity contribution in [3.05, 3.63) is 36.5 Å². The van der Waals surface area contributed by atoms with Crippen molar-refractivity contribution < 1.29 is 13.5 Å². The summed E-state index contributed by atoms with van der Waals surface area (Å²) in [6.07, 6.45) is 0.642. The Bertz CT molecular complexity index is 269. The first-order valence-electron chi connectivity index (χ1n) is 4.00. The maximum atomic E-state index is 13.2. The van der Waals surface area contributed by atoms with E-state index in [-0.39, 0.29) is 12.2 Å². The van der Waals surface area contributed by atoms with Crippen molar-refractivity contribution in [3.8, 4) is 0 Å². The van der Waals surface area contributed by atoms with Gasteiger partial charge in [-0.25, -0.2) is 8.78 Å². The van der Waals surface area contributed by atoms with Gasteiger partial charge < -0.3 is 10.5 Å². The summed E-state index contributed by atoms with van der Waals surface area (Å²) in [4.78, 5) is 0. The van der Waals surface area contributed by atoms with Crippen LogP contribution in [0, 0.1) is 0 Å². The van der Waals surface area contributed by atoms with Gasteiger partial charge in [0.2, 0.25) is 0 Å². The largest absolute Gasteiger partial charge is 0.382 e. The van der Waals surface area contributed by atoms with Gasteiger partial charge in [0.25, 0.3) is 0 Å². The molecule has 0 fully saturated rings. The molecular formula is C10H15F2NO. The Morgan fingerprint density at radius 3 is 2.36 bits per heavy atom. The third kappa shape index (κ3) is 3.81. The van der Waals surface area contributed by atoms with Crippen LogP contribution >= 0.6 is 0 Å². The van der Waals surface area contributed by atoms with Crippen LogP contribution in [0.4, 0.5) is 8.78 Å². The number of hydrogen-bond acceptors (Lipinski definition) is 2. The van der Waals surface area contributed by atoms with Crippen molar-refractivity contribution in [2.75, 3.05) is 13.7 Å². The topological polar surface area (TPSA) is 35.2 Å². The van der Waals surface area contributed by atoms with Crippen LogP contribution in [0.15, 0.2) is 36.5 Å².